The molecule has 1 aromatic carbocycles. The van der Waals surface area contributed by atoms with Gasteiger partial charge < -0.3 is 14.9 Å². The van der Waals surface area contributed by atoms with Crippen LogP contribution in [0, 0.1) is 15.9 Å². The summed E-state index contributed by atoms with van der Waals surface area (Å²) < 4.78 is 20.4. The second-order valence-electron chi connectivity index (χ2n) is 5.78. The van der Waals surface area contributed by atoms with E-state index >= 15 is 0 Å². The van der Waals surface area contributed by atoms with Crippen LogP contribution in [-0.4, -0.2) is 37.0 Å². The molecule has 0 aliphatic carbocycles. The second kappa shape index (κ2) is 6.74. The van der Waals surface area contributed by atoms with Crippen molar-refractivity contribution in [2.24, 2.45) is 7.05 Å². The Kier molecular flexibility index (Phi) is 4.60. The lowest BCUT2D eigenvalue weighted by Crippen LogP contribution is -2.27. The number of hydrogen-bond acceptors (Lipinski definition) is 7. The second-order valence-corrected chi connectivity index (χ2v) is 5.78. The van der Waals surface area contributed by atoms with E-state index in [-0.39, 0.29) is 28.3 Å². The number of nitro groups is 1. The van der Waals surface area contributed by atoms with Crippen LogP contribution in [0.25, 0.3) is 11.3 Å². The molecule has 0 saturated heterocycles. The molecule has 2 N–H and O–H groups in total. The highest BCUT2D eigenvalue weighted by Gasteiger charge is 2.33. The number of hydrogen-bond donors (Lipinski definition) is 2. The van der Waals surface area contributed by atoms with Crippen molar-refractivity contribution in [3.05, 3.63) is 69.9 Å². The summed E-state index contributed by atoms with van der Waals surface area (Å²) in [5.41, 5.74) is -0.501. The Bertz CT molecular complexity index is 1020. The van der Waals surface area contributed by atoms with E-state index in [0.29, 0.717) is 0 Å². The molecule has 140 valence electrons. The predicted octanol–water partition coefficient (Wildman–Crippen LogP) is 1.72. The maximum absolute atomic E-state index is 13.8. The number of halogens is 1. The molecule has 3 rings (SSSR count). The fraction of sp³-hybridized carbons (Fsp3) is 0.176. The quantitative estimate of drug-likeness (QED) is 0.396. The topological polar surface area (TPSA) is 124 Å². The molecule has 0 aliphatic rings. The summed E-state index contributed by atoms with van der Waals surface area (Å²) in [5.74, 6) is -3.13. The molecule has 10 heteroatoms. The first-order chi connectivity index (χ1) is 12.7. The van der Waals surface area contributed by atoms with Crippen molar-refractivity contribution in [1.82, 2.24) is 14.8 Å². The number of methoxy groups -OCH3 is 1. The summed E-state index contributed by atoms with van der Waals surface area (Å²) in [6, 6.07) is 5.67. The molecule has 0 atom stereocenters. The lowest BCUT2D eigenvalue weighted by atomic mass is 10.0. The Morgan fingerprint density at radius 3 is 2.63 bits per heavy atom. The smallest absolute Gasteiger partial charge is 0.273 e. The zero-order valence-electron chi connectivity index (χ0n) is 14.3. The number of nitro benzene ring substituents is 1. The van der Waals surface area contributed by atoms with Gasteiger partial charge in [0.25, 0.3) is 5.69 Å². The van der Waals surface area contributed by atoms with Crippen LogP contribution in [0.1, 0.15) is 11.3 Å². The van der Waals surface area contributed by atoms with Gasteiger partial charge in [0.1, 0.15) is 23.0 Å². The van der Waals surface area contributed by atoms with Gasteiger partial charge in [-0.25, -0.2) is 9.37 Å². The van der Waals surface area contributed by atoms with Crippen LogP contribution in [0.3, 0.4) is 0 Å². The number of aliphatic hydroxyl groups is 2. The summed E-state index contributed by atoms with van der Waals surface area (Å²) in [6.07, 6.45) is 2.66. The molecule has 0 amide bonds. The molecular formula is C17H15FN4O5. The molecule has 2 heterocycles. The summed E-state index contributed by atoms with van der Waals surface area (Å²) in [4.78, 5) is 14.4. The normalized spacial score (nSPS) is 11.4. The van der Waals surface area contributed by atoms with Crippen molar-refractivity contribution in [1.29, 1.82) is 0 Å². The average molecular weight is 374 g/mol. The van der Waals surface area contributed by atoms with Crippen LogP contribution in [0.15, 0.2) is 42.7 Å². The van der Waals surface area contributed by atoms with E-state index < -0.39 is 22.2 Å². The molecule has 27 heavy (non-hydrogen) atoms. The van der Waals surface area contributed by atoms with Crippen molar-refractivity contribution in [2.45, 2.75) is 5.79 Å². The zero-order valence-corrected chi connectivity index (χ0v) is 14.3. The van der Waals surface area contributed by atoms with Gasteiger partial charge in [0.15, 0.2) is 0 Å². The van der Waals surface area contributed by atoms with Crippen molar-refractivity contribution >= 4 is 5.69 Å². The molecule has 0 fully saturated rings. The molecule has 0 bridgehead atoms. The SMILES string of the molecule is COc1ccc(C(O)(O)c2cnn(C)c2)nc1-c1cc(F)cc([N+](=O)[O-])c1. The molecule has 2 aromatic heterocycles. The van der Waals surface area contributed by atoms with Gasteiger partial charge in [-0.15, -0.1) is 0 Å². The van der Waals surface area contributed by atoms with Gasteiger partial charge in [0.05, 0.1) is 29.9 Å². The van der Waals surface area contributed by atoms with Gasteiger partial charge >= 0.3 is 0 Å². The highest BCUT2D eigenvalue weighted by molar-refractivity contribution is 5.69. The molecule has 9 nitrogen and oxygen atoms in total. The molecule has 0 spiro atoms. The van der Waals surface area contributed by atoms with Crippen molar-refractivity contribution in [3.8, 4) is 17.0 Å². The van der Waals surface area contributed by atoms with Gasteiger partial charge in [-0.3, -0.25) is 14.8 Å². The molecule has 0 saturated carbocycles. The molecule has 3 aromatic rings. The molecule has 0 radical (unpaired) electrons. The van der Waals surface area contributed by atoms with E-state index in [1.54, 1.807) is 7.05 Å². The summed E-state index contributed by atoms with van der Waals surface area (Å²) >= 11 is 0. The van der Waals surface area contributed by atoms with E-state index in [1.165, 1.54) is 36.3 Å². The largest absolute Gasteiger partial charge is 0.494 e. The molecule has 0 unspecified atom stereocenters. The minimum atomic E-state index is -2.48. The van der Waals surface area contributed by atoms with Gasteiger partial charge in [-0.2, -0.15) is 5.10 Å². The summed E-state index contributed by atoms with van der Waals surface area (Å²) in [6.45, 7) is 0. The molecular weight excluding hydrogens is 359 g/mol. The van der Waals surface area contributed by atoms with E-state index in [2.05, 4.69) is 10.1 Å². The van der Waals surface area contributed by atoms with E-state index in [0.717, 1.165) is 18.2 Å². The lowest BCUT2D eigenvalue weighted by molar-refractivity contribution is -0.385. The summed E-state index contributed by atoms with van der Waals surface area (Å²) in [5, 5.41) is 35.9. The maximum Gasteiger partial charge on any atom is 0.273 e. The fourth-order valence-electron chi connectivity index (χ4n) is 2.58. The Balaban J connectivity index is 2.17. The van der Waals surface area contributed by atoms with Crippen molar-refractivity contribution in [3.63, 3.8) is 0 Å². The number of rotatable bonds is 5. The first kappa shape index (κ1) is 18.4. The Hall–Kier alpha value is -3.37. The van der Waals surface area contributed by atoms with Crippen LogP contribution >= 0.6 is 0 Å². The molecule has 0 aliphatic heterocycles. The third kappa shape index (κ3) is 3.48. The first-order valence-corrected chi connectivity index (χ1v) is 7.67. The summed E-state index contributed by atoms with van der Waals surface area (Å²) in [7, 11) is 2.96. The Morgan fingerprint density at radius 2 is 2.04 bits per heavy atom. The average Bonchev–Trinajstić information content (AvgIpc) is 3.07. The third-order valence-corrected chi connectivity index (χ3v) is 3.91. The zero-order chi connectivity index (χ0) is 19.8. The van der Waals surface area contributed by atoms with Gasteiger partial charge in [0, 0.05) is 24.9 Å². The Labute approximate surface area is 152 Å². The van der Waals surface area contributed by atoms with Crippen molar-refractivity contribution < 1.29 is 24.3 Å². The number of nitrogens with zero attached hydrogens (tertiary/aromatic N) is 4. The van der Waals surface area contributed by atoms with Crippen molar-refractivity contribution in [2.75, 3.05) is 7.11 Å². The van der Waals surface area contributed by atoms with Crippen LogP contribution in [0.4, 0.5) is 10.1 Å². The fourth-order valence-corrected chi connectivity index (χ4v) is 2.58. The van der Waals surface area contributed by atoms with Crippen LogP contribution < -0.4 is 4.74 Å². The lowest BCUT2D eigenvalue weighted by Gasteiger charge is -2.21. The standard InChI is InChI=1S/C17H15FN4O5/c1-21-9-11(8-19-21)17(23,24)15-4-3-14(27-2)16(20-15)10-5-12(18)7-13(6-10)22(25)26/h3-9,23-24H,1-2H3. The Morgan fingerprint density at radius 1 is 1.30 bits per heavy atom. The van der Waals surface area contributed by atoms with E-state index in [4.69, 9.17) is 4.74 Å². The van der Waals surface area contributed by atoms with Crippen LogP contribution in [-0.2, 0) is 12.8 Å². The highest BCUT2D eigenvalue weighted by Crippen LogP contribution is 2.34. The number of aromatic nitrogens is 3. The highest BCUT2D eigenvalue weighted by atomic mass is 19.1. The van der Waals surface area contributed by atoms with Crippen LogP contribution in [0.2, 0.25) is 0 Å². The minimum absolute atomic E-state index is 0.0222. The first-order valence-electron chi connectivity index (χ1n) is 7.67. The number of pyridine rings is 1. The van der Waals surface area contributed by atoms with Gasteiger partial charge in [0.2, 0.25) is 5.79 Å². The van der Waals surface area contributed by atoms with E-state index in [1.807, 2.05) is 0 Å². The number of ether oxygens (including phenoxy) is 1. The minimum Gasteiger partial charge on any atom is -0.494 e. The maximum atomic E-state index is 13.8. The number of benzene rings is 1. The van der Waals surface area contributed by atoms with Crippen LogP contribution in [0.5, 0.6) is 5.75 Å². The number of aryl methyl sites for hydroxylation is 1. The van der Waals surface area contributed by atoms with Gasteiger partial charge in [-0.1, -0.05) is 0 Å². The number of non-ortho nitro benzene ring substituents is 1. The monoisotopic (exact) mass is 374 g/mol. The third-order valence-electron chi connectivity index (χ3n) is 3.91. The van der Waals surface area contributed by atoms with E-state index in [9.17, 15) is 24.7 Å². The van der Waals surface area contributed by atoms with Gasteiger partial charge in [-0.05, 0) is 18.2 Å². The predicted molar refractivity (Wildman–Crippen MR) is 91.3 cm³/mol.